The van der Waals surface area contributed by atoms with Gasteiger partial charge in [0.1, 0.15) is 5.84 Å². The van der Waals surface area contributed by atoms with Gasteiger partial charge in [-0.15, -0.1) is 0 Å². The molecular formula is C13H16N2. The van der Waals surface area contributed by atoms with E-state index in [0.29, 0.717) is 5.41 Å². The highest BCUT2D eigenvalue weighted by molar-refractivity contribution is 6.00. The third-order valence-corrected chi connectivity index (χ3v) is 3.63. The van der Waals surface area contributed by atoms with Gasteiger partial charge >= 0.3 is 0 Å². The average molecular weight is 200 g/mol. The summed E-state index contributed by atoms with van der Waals surface area (Å²) in [5, 5.41) is 8.12. The van der Waals surface area contributed by atoms with E-state index in [0.717, 1.165) is 24.5 Å². The minimum atomic E-state index is 0.494. The molecule has 1 saturated carbocycles. The number of nitrogens with one attached hydrogen (secondary N) is 1. The summed E-state index contributed by atoms with van der Waals surface area (Å²) in [6.07, 6.45) is 2.65. The van der Waals surface area contributed by atoms with Gasteiger partial charge in [0.05, 0.1) is 0 Å². The van der Waals surface area contributed by atoms with Gasteiger partial charge in [-0.25, -0.2) is 0 Å². The topological polar surface area (TPSA) is 27.1 Å². The van der Waals surface area contributed by atoms with Crippen LogP contribution in [-0.2, 0) is 6.54 Å². The second-order valence-electron chi connectivity index (χ2n) is 5.17. The van der Waals surface area contributed by atoms with E-state index >= 15 is 0 Å². The predicted octanol–water partition coefficient (Wildman–Crippen LogP) is 2.63. The Morgan fingerprint density at radius 1 is 1.33 bits per heavy atom. The molecule has 2 nitrogen and oxygen atoms in total. The number of benzene rings is 1. The van der Waals surface area contributed by atoms with Gasteiger partial charge < -0.3 is 4.90 Å². The maximum atomic E-state index is 8.12. The highest BCUT2D eigenvalue weighted by Crippen LogP contribution is 2.46. The molecule has 3 rings (SSSR count). The number of hydrogen-bond donors (Lipinski definition) is 1. The number of rotatable bonds is 2. The van der Waals surface area contributed by atoms with Crippen molar-refractivity contribution in [2.75, 3.05) is 6.54 Å². The molecule has 2 aliphatic rings. The molecule has 1 aromatic rings. The van der Waals surface area contributed by atoms with Crippen molar-refractivity contribution < 1.29 is 0 Å². The summed E-state index contributed by atoms with van der Waals surface area (Å²) in [5.41, 5.74) is 2.93. The summed E-state index contributed by atoms with van der Waals surface area (Å²) in [5.74, 6) is 0.721. The molecule has 1 aliphatic heterocycles. The fourth-order valence-corrected chi connectivity index (χ4v) is 2.31. The number of amidine groups is 1. The maximum absolute atomic E-state index is 8.12. The third-order valence-electron chi connectivity index (χ3n) is 3.63. The zero-order chi connectivity index (χ0) is 10.5. The molecule has 0 saturated heterocycles. The molecule has 1 heterocycles. The molecule has 1 aromatic carbocycles. The van der Waals surface area contributed by atoms with Gasteiger partial charge in [-0.2, -0.15) is 0 Å². The van der Waals surface area contributed by atoms with E-state index in [2.05, 4.69) is 30.0 Å². The molecule has 2 heteroatoms. The normalized spacial score (nSPS) is 21.7. The van der Waals surface area contributed by atoms with Crippen molar-refractivity contribution in [1.29, 1.82) is 5.41 Å². The lowest BCUT2D eigenvalue weighted by atomic mass is 10.1. The molecule has 0 atom stereocenters. The summed E-state index contributed by atoms with van der Waals surface area (Å²) in [6, 6.07) is 8.29. The van der Waals surface area contributed by atoms with Gasteiger partial charge in [0, 0.05) is 18.7 Å². The van der Waals surface area contributed by atoms with Crippen LogP contribution >= 0.6 is 0 Å². The molecule has 1 fully saturated rings. The second-order valence-corrected chi connectivity index (χ2v) is 5.17. The van der Waals surface area contributed by atoms with Crippen LogP contribution in [0.5, 0.6) is 0 Å². The fourth-order valence-electron chi connectivity index (χ4n) is 2.31. The molecule has 0 unspecified atom stereocenters. The minimum Gasteiger partial charge on any atom is -0.352 e. The fraction of sp³-hybridized carbons (Fsp3) is 0.462. The number of hydrogen-bond acceptors (Lipinski definition) is 1. The van der Waals surface area contributed by atoms with E-state index in [1.54, 1.807) is 0 Å². The standard InChI is InChI=1S/C13H16N2/c1-13(6-7-13)9-15-8-10-4-2-3-5-11(10)12(15)14/h2-5,14H,6-9H2,1H3. The molecule has 0 radical (unpaired) electrons. The summed E-state index contributed by atoms with van der Waals surface area (Å²) < 4.78 is 0. The Morgan fingerprint density at radius 3 is 2.73 bits per heavy atom. The monoisotopic (exact) mass is 200 g/mol. The van der Waals surface area contributed by atoms with Gasteiger partial charge in [-0.1, -0.05) is 31.2 Å². The minimum absolute atomic E-state index is 0.494. The van der Waals surface area contributed by atoms with Crippen molar-refractivity contribution in [2.45, 2.75) is 26.3 Å². The van der Waals surface area contributed by atoms with Crippen molar-refractivity contribution in [3.8, 4) is 0 Å². The molecule has 78 valence electrons. The molecule has 15 heavy (non-hydrogen) atoms. The molecule has 1 N–H and O–H groups in total. The van der Waals surface area contributed by atoms with Gasteiger partial charge in [-0.05, 0) is 23.8 Å². The zero-order valence-corrected chi connectivity index (χ0v) is 9.09. The number of nitrogens with zero attached hydrogens (tertiary/aromatic N) is 1. The molecular weight excluding hydrogens is 184 g/mol. The summed E-state index contributed by atoms with van der Waals surface area (Å²) in [4.78, 5) is 2.22. The molecule has 0 bridgehead atoms. The van der Waals surface area contributed by atoms with Crippen LogP contribution in [-0.4, -0.2) is 17.3 Å². The third kappa shape index (κ3) is 1.44. The van der Waals surface area contributed by atoms with Crippen LogP contribution in [0.15, 0.2) is 24.3 Å². The lowest BCUT2D eigenvalue weighted by Gasteiger charge is -2.21. The average Bonchev–Trinajstić information content (AvgIpc) is 2.87. The van der Waals surface area contributed by atoms with Gasteiger partial charge in [0.15, 0.2) is 0 Å². The first-order chi connectivity index (χ1) is 7.18. The van der Waals surface area contributed by atoms with E-state index in [-0.39, 0.29) is 0 Å². The highest BCUT2D eigenvalue weighted by Gasteiger charge is 2.40. The zero-order valence-electron chi connectivity index (χ0n) is 9.09. The Morgan fingerprint density at radius 2 is 2.07 bits per heavy atom. The summed E-state index contributed by atoms with van der Waals surface area (Å²) >= 11 is 0. The SMILES string of the molecule is CC1(CN2Cc3ccccc3C2=N)CC1. The van der Waals surface area contributed by atoms with E-state index in [1.165, 1.54) is 18.4 Å². The van der Waals surface area contributed by atoms with Crippen LogP contribution in [0.25, 0.3) is 0 Å². The van der Waals surface area contributed by atoms with Crippen molar-refractivity contribution in [2.24, 2.45) is 5.41 Å². The largest absolute Gasteiger partial charge is 0.352 e. The first-order valence-electron chi connectivity index (χ1n) is 5.60. The van der Waals surface area contributed by atoms with Crippen molar-refractivity contribution in [1.82, 2.24) is 4.90 Å². The van der Waals surface area contributed by atoms with E-state index in [1.807, 2.05) is 6.07 Å². The Labute approximate surface area is 90.4 Å². The van der Waals surface area contributed by atoms with Crippen molar-refractivity contribution in [3.63, 3.8) is 0 Å². The van der Waals surface area contributed by atoms with Crippen LogP contribution in [0.2, 0.25) is 0 Å². The summed E-state index contributed by atoms with van der Waals surface area (Å²) in [6.45, 7) is 4.31. The molecule has 0 amide bonds. The first-order valence-corrected chi connectivity index (χ1v) is 5.60. The van der Waals surface area contributed by atoms with Crippen molar-refractivity contribution in [3.05, 3.63) is 35.4 Å². The lowest BCUT2D eigenvalue weighted by Crippen LogP contribution is -2.29. The van der Waals surface area contributed by atoms with Gasteiger partial charge in [0.2, 0.25) is 0 Å². The van der Waals surface area contributed by atoms with Crippen LogP contribution in [0, 0.1) is 10.8 Å². The van der Waals surface area contributed by atoms with Gasteiger partial charge in [0.25, 0.3) is 0 Å². The van der Waals surface area contributed by atoms with Crippen LogP contribution < -0.4 is 0 Å². The molecule has 1 aliphatic carbocycles. The Kier molecular flexibility index (Phi) is 1.70. The highest BCUT2D eigenvalue weighted by atomic mass is 15.2. The maximum Gasteiger partial charge on any atom is 0.128 e. The Balaban J connectivity index is 1.84. The number of fused-ring (bicyclic) bond motifs is 1. The Hall–Kier alpha value is -1.31. The van der Waals surface area contributed by atoms with Crippen LogP contribution in [0.3, 0.4) is 0 Å². The smallest absolute Gasteiger partial charge is 0.128 e. The molecule has 0 aromatic heterocycles. The predicted molar refractivity (Wildman–Crippen MR) is 61.0 cm³/mol. The second kappa shape index (κ2) is 2.84. The van der Waals surface area contributed by atoms with E-state index in [4.69, 9.17) is 5.41 Å². The van der Waals surface area contributed by atoms with Crippen LogP contribution in [0.4, 0.5) is 0 Å². The van der Waals surface area contributed by atoms with E-state index < -0.39 is 0 Å². The van der Waals surface area contributed by atoms with Crippen LogP contribution in [0.1, 0.15) is 30.9 Å². The quantitative estimate of drug-likeness (QED) is 0.780. The van der Waals surface area contributed by atoms with Crippen molar-refractivity contribution >= 4 is 5.84 Å². The van der Waals surface area contributed by atoms with Gasteiger partial charge in [-0.3, -0.25) is 5.41 Å². The van der Waals surface area contributed by atoms with E-state index in [9.17, 15) is 0 Å². The first kappa shape index (κ1) is 8.96. The lowest BCUT2D eigenvalue weighted by molar-refractivity contribution is 0.342. The molecule has 0 spiro atoms. The summed E-state index contributed by atoms with van der Waals surface area (Å²) in [7, 11) is 0. The Bertz CT molecular complexity index is 418.